The average Bonchev–Trinajstić information content (AvgIpc) is 3.92. The van der Waals surface area contributed by atoms with Crippen LogP contribution in [0.2, 0.25) is 0 Å². The fraction of sp³-hybridized carbons (Fsp3) is 0.129. The van der Waals surface area contributed by atoms with Gasteiger partial charge in [0.05, 0.1) is 33.3 Å². The van der Waals surface area contributed by atoms with Crippen molar-refractivity contribution in [3.63, 3.8) is 0 Å². The predicted molar refractivity (Wildman–Crippen MR) is 286 cm³/mol. The van der Waals surface area contributed by atoms with Crippen molar-refractivity contribution in [3.05, 3.63) is 187 Å². The van der Waals surface area contributed by atoms with Crippen LogP contribution in [0.5, 0.6) is 46.0 Å². The van der Waals surface area contributed by atoms with E-state index < -0.39 is 0 Å². The lowest BCUT2D eigenvalue weighted by atomic mass is 9.33. The van der Waals surface area contributed by atoms with E-state index in [9.17, 15) is 0 Å². The number of rotatable bonds is 6. The second-order valence-electron chi connectivity index (χ2n) is 21.0. The molecule has 8 aromatic carbocycles. The molecule has 0 fully saturated rings. The molecule has 3 aromatic heterocycles. The van der Waals surface area contributed by atoms with Gasteiger partial charge in [-0.3, -0.25) is 9.13 Å². The van der Waals surface area contributed by atoms with Crippen molar-refractivity contribution >= 4 is 55.9 Å². The molecule has 3 aliphatic heterocycles. The molecule has 0 aliphatic carbocycles. The molecule has 6 heterocycles. The number of hydrogen-bond acceptors (Lipinski definition) is 6. The van der Waals surface area contributed by atoms with E-state index in [4.69, 9.17) is 28.9 Å². The van der Waals surface area contributed by atoms with E-state index in [-0.39, 0.29) is 17.5 Å². The molecule has 9 heteroatoms. The summed E-state index contributed by atoms with van der Waals surface area (Å²) in [7, 11) is 0. The standard InChI is InChI=1S/C62H47BN4O4/c1-61(2,3)37-26-29-46(42(32-37)36-16-8-7-9-17-36)67-47-21-13-11-19-44(47)65-60(67)43-35-53(59-57-58(43)70-51-24-14-22-49-55(51)63(57)56-50(69-49)23-15-25-52(56)71-59)68-39-27-28-41-40-18-10-12-20-45(40)66(48(41)34-39)54-33-38(30-31-64-54)62(4,5)6/h7-35H,1-6H3. The highest BCUT2D eigenvalue weighted by atomic mass is 16.5. The largest absolute Gasteiger partial charge is 0.458 e. The zero-order valence-electron chi connectivity index (χ0n) is 40.2. The van der Waals surface area contributed by atoms with Gasteiger partial charge in [0.15, 0.2) is 11.5 Å². The number of pyridine rings is 1. The van der Waals surface area contributed by atoms with Crippen LogP contribution in [0.15, 0.2) is 176 Å². The molecule has 0 bridgehead atoms. The molecular weight excluding hydrogens is 876 g/mol. The third-order valence-corrected chi connectivity index (χ3v) is 14.5. The van der Waals surface area contributed by atoms with Crippen molar-refractivity contribution in [3.8, 4) is 80.0 Å². The normalized spacial score (nSPS) is 13.2. The zero-order chi connectivity index (χ0) is 47.9. The van der Waals surface area contributed by atoms with Crippen LogP contribution in [-0.4, -0.2) is 25.8 Å². The van der Waals surface area contributed by atoms with E-state index in [1.165, 1.54) is 11.1 Å². The molecule has 71 heavy (non-hydrogen) atoms. The minimum absolute atomic E-state index is 0.0648. The van der Waals surface area contributed by atoms with Crippen LogP contribution in [-0.2, 0) is 10.8 Å². The van der Waals surface area contributed by atoms with Gasteiger partial charge in [-0.1, -0.05) is 120 Å². The second kappa shape index (κ2) is 15.0. The van der Waals surface area contributed by atoms with Gasteiger partial charge in [0.1, 0.15) is 46.1 Å². The minimum atomic E-state index is -0.272. The van der Waals surface area contributed by atoms with Crippen molar-refractivity contribution in [2.45, 2.75) is 52.4 Å². The van der Waals surface area contributed by atoms with Crippen molar-refractivity contribution < 1.29 is 18.9 Å². The third-order valence-electron chi connectivity index (χ3n) is 14.5. The second-order valence-corrected chi connectivity index (χ2v) is 21.0. The lowest BCUT2D eigenvalue weighted by Crippen LogP contribution is -2.59. The lowest BCUT2D eigenvalue weighted by Gasteiger charge is -2.38. The number of para-hydroxylation sites is 3. The lowest BCUT2D eigenvalue weighted by molar-refractivity contribution is 0.410. The molecule has 0 unspecified atom stereocenters. The Balaban J connectivity index is 1.04. The first-order valence-corrected chi connectivity index (χ1v) is 24.3. The molecule has 11 aromatic rings. The molecule has 0 spiro atoms. The fourth-order valence-corrected chi connectivity index (χ4v) is 11.0. The number of fused-ring (bicyclic) bond motifs is 4. The summed E-state index contributed by atoms with van der Waals surface area (Å²) in [5.41, 5.74) is 12.9. The molecule has 0 saturated carbocycles. The van der Waals surface area contributed by atoms with E-state index in [1.54, 1.807) is 0 Å². The van der Waals surface area contributed by atoms with Crippen LogP contribution in [0, 0.1) is 0 Å². The van der Waals surface area contributed by atoms with Gasteiger partial charge >= 0.3 is 0 Å². The molecule has 14 rings (SSSR count). The number of ether oxygens (including phenoxy) is 4. The van der Waals surface area contributed by atoms with Gasteiger partial charge in [-0.15, -0.1) is 0 Å². The molecule has 0 N–H and O–H groups in total. The summed E-state index contributed by atoms with van der Waals surface area (Å²) in [6.07, 6.45) is 1.91. The van der Waals surface area contributed by atoms with Gasteiger partial charge in [0.2, 0.25) is 0 Å². The van der Waals surface area contributed by atoms with Gasteiger partial charge in [0, 0.05) is 45.0 Å². The predicted octanol–water partition coefficient (Wildman–Crippen LogP) is 14.1. The first-order valence-electron chi connectivity index (χ1n) is 24.3. The highest BCUT2D eigenvalue weighted by Crippen LogP contribution is 2.51. The smallest absolute Gasteiger partial charge is 0.270 e. The van der Waals surface area contributed by atoms with Crippen LogP contribution in [0.1, 0.15) is 52.7 Å². The van der Waals surface area contributed by atoms with Crippen LogP contribution in [0.25, 0.3) is 66.9 Å². The van der Waals surface area contributed by atoms with E-state index in [2.05, 4.69) is 178 Å². The van der Waals surface area contributed by atoms with E-state index in [0.717, 1.165) is 94.7 Å². The average molecular weight is 923 g/mol. The molecule has 3 aliphatic rings. The fourth-order valence-electron chi connectivity index (χ4n) is 11.0. The minimum Gasteiger partial charge on any atom is -0.458 e. The SMILES string of the molecule is CC(C)(C)c1ccnc(-n2c3ccccc3c3ccc(Oc4cc(-c5nc6ccccc6n5-c5ccc(C(C)(C)C)cc5-c5ccccc5)c5c6c4Oc4cccc7c4B6c4c(cccc4O5)O7)cc32)c1. The Kier molecular flexibility index (Phi) is 8.74. The molecule has 0 amide bonds. The Morgan fingerprint density at radius 1 is 0.493 bits per heavy atom. The van der Waals surface area contributed by atoms with Crippen LogP contribution in [0.3, 0.4) is 0 Å². The van der Waals surface area contributed by atoms with Crippen molar-refractivity contribution in [1.82, 2.24) is 19.1 Å². The number of aromatic nitrogens is 4. The van der Waals surface area contributed by atoms with Gasteiger partial charge < -0.3 is 18.9 Å². The highest BCUT2D eigenvalue weighted by molar-refractivity contribution is 6.99. The highest BCUT2D eigenvalue weighted by Gasteiger charge is 2.49. The topological polar surface area (TPSA) is 72.6 Å². The number of hydrogen-bond donors (Lipinski definition) is 0. The van der Waals surface area contributed by atoms with Crippen molar-refractivity contribution in [2.75, 3.05) is 0 Å². The van der Waals surface area contributed by atoms with Crippen molar-refractivity contribution in [1.29, 1.82) is 0 Å². The zero-order valence-corrected chi connectivity index (χ0v) is 40.2. The van der Waals surface area contributed by atoms with Gasteiger partial charge in [-0.25, -0.2) is 9.97 Å². The Bertz CT molecular complexity index is 4030. The van der Waals surface area contributed by atoms with Crippen LogP contribution < -0.4 is 35.3 Å². The van der Waals surface area contributed by atoms with E-state index in [0.29, 0.717) is 34.6 Å². The number of benzene rings is 8. The molecular formula is C62H47BN4O4. The number of imidazole rings is 1. The first kappa shape index (κ1) is 41.4. The number of nitrogens with zero attached hydrogens (tertiary/aromatic N) is 4. The van der Waals surface area contributed by atoms with E-state index in [1.807, 2.05) is 48.7 Å². The Labute approximate surface area is 411 Å². The molecule has 8 nitrogen and oxygen atoms in total. The summed E-state index contributed by atoms with van der Waals surface area (Å²) < 4.78 is 32.8. The maximum Gasteiger partial charge on any atom is 0.270 e. The van der Waals surface area contributed by atoms with Gasteiger partial charge in [-0.2, -0.15) is 0 Å². The molecule has 0 radical (unpaired) electrons. The quantitative estimate of drug-likeness (QED) is 0.155. The van der Waals surface area contributed by atoms with Crippen LogP contribution in [0.4, 0.5) is 0 Å². The summed E-state index contributed by atoms with van der Waals surface area (Å²) in [5.74, 6) is 6.93. The monoisotopic (exact) mass is 922 g/mol. The maximum absolute atomic E-state index is 7.32. The van der Waals surface area contributed by atoms with Crippen LogP contribution >= 0.6 is 0 Å². The Morgan fingerprint density at radius 2 is 1.14 bits per heavy atom. The first-order chi connectivity index (χ1) is 34.5. The third kappa shape index (κ3) is 6.31. The summed E-state index contributed by atoms with van der Waals surface area (Å²) >= 11 is 0. The molecule has 0 saturated heterocycles. The van der Waals surface area contributed by atoms with E-state index >= 15 is 0 Å². The maximum atomic E-state index is 7.32. The summed E-state index contributed by atoms with van der Waals surface area (Å²) in [6.45, 7) is 13.2. The Morgan fingerprint density at radius 3 is 1.89 bits per heavy atom. The summed E-state index contributed by atoms with van der Waals surface area (Å²) in [5, 5.41) is 2.23. The van der Waals surface area contributed by atoms with Gasteiger partial charge in [0.25, 0.3) is 6.71 Å². The summed E-state index contributed by atoms with van der Waals surface area (Å²) in [6, 6.07) is 59.1. The van der Waals surface area contributed by atoms with Crippen molar-refractivity contribution in [2.24, 2.45) is 0 Å². The van der Waals surface area contributed by atoms with Gasteiger partial charge in [-0.05, 0) is 112 Å². The summed E-state index contributed by atoms with van der Waals surface area (Å²) in [4.78, 5) is 10.5. The molecule has 342 valence electrons. The molecule has 0 atom stereocenters. The Hall–Kier alpha value is -8.56.